The van der Waals surface area contributed by atoms with Crippen molar-refractivity contribution < 1.29 is 19.1 Å². The van der Waals surface area contributed by atoms with E-state index in [2.05, 4.69) is 5.32 Å². The number of nitrogens with one attached hydrogen (secondary N) is 1. The average molecular weight is 267 g/mol. The number of carboxylic acids is 1. The lowest BCUT2D eigenvalue weighted by atomic mass is 9.99. The summed E-state index contributed by atoms with van der Waals surface area (Å²) in [5.41, 5.74) is 0.561. The third-order valence-electron chi connectivity index (χ3n) is 3.13. The molecular formula is C14H18FNO3. The van der Waals surface area contributed by atoms with Crippen LogP contribution in [0.25, 0.3) is 0 Å². The zero-order valence-corrected chi connectivity index (χ0v) is 11.2. The van der Waals surface area contributed by atoms with Gasteiger partial charge in [0.15, 0.2) is 0 Å². The van der Waals surface area contributed by atoms with Crippen LogP contribution in [0.4, 0.5) is 4.39 Å². The van der Waals surface area contributed by atoms with Crippen LogP contribution in [0, 0.1) is 18.7 Å². The summed E-state index contributed by atoms with van der Waals surface area (Å²) in [5, 5.41) is 11.4. The maximum atomic E-state index is 13.6. The predicted molar refractivity (Wildman–Crippen MR) is 69.5 cm³/mol. The minimum atomic E-state index is -1.12. The molecule has 1 rings (SSSR count). The minimum absolute atomic E-state index is 0.139. The molecule has 1 aromatic rings. The summed E-state index contributed by atoms with van der Waals surface area (Å²) >= 11 is 0. The van der Waals surface area contributed by atoms with Crippen LogP contribution in [-0.2, 0) is 4.79 Å². The summed E-state index contributed by atoms with van der Waals surface area (Å²) < 4.78 is 13.6. The van der Waals surface area contributed by atoms with Gasteiger partial charge in [-0.2, -0.15) is 0 Å². The van der Waals surface area contributed by atoms with Gasteiger partial charge in [0, 0.05) is 0 Å². The lowest BCUT2D eigenvalue weighted by molar-refractivity contribution is -0.140. The number of aliphatic carboxylic acids is 1. The van der Waals surface area contributed by atoms with E-state index in [1.54, 1.807) is 19.9 Å². The first-order valence-electron chi connectivity index (χ1n) is 6.16. The zero-order valence-electron chi connectivity index (χ0n) is 11.2. The van der Waals surface area contributed by atoms with Gasteiger partial charge in [-0.25, -0.2) is 9.18 Å². The molecule has 2 atom stereocenters. The van der Waals surface area contributed by atoms with Gasteiger partial charge in [-0.15, -0.1) is 0 Å². The Hall–Kier alpha value is -1.91. The van der Waals surface area contributed by atoms with Crippen molar-refractivity contribution in [3.8, 4) is 0 Å². The Morgan fingerprint density at radius 2 is 2.05 bits per heavy atom. The van der Waals surface area contributed by atoms with Crippen LogP contribution in [0.3, 0.4) is 0 Å². The average Bonchev–Trinajstić information content (AvgIpc) is 2.34. The molecule has 0 heterocycles. The van der Waals surface area contributed by atoms with Gasteiger partial charge in [0.1, 0.15) is 11.9 Å². The number of halogens is 1. The SMILES string of the molecule is CCC(C)C(NC(=O)c1ccc(C)cc1F)C(=O)O. The van der Waals surface area contributed by atoms with Crippen molar-refractivity contribution in [1.82, 2.24) is 5.32 Å². The van der Waals surface area contributed by atoms with Gasteiger partial charge in [-0.1, -0.05) is 26.3 Å². The molecule has 0 fully saturated rings. The van der Waals surface area contributed by atoms with Gasteiger partial charge in [-0.3, -0.25) is 4.79 Å². The molecule has 1 amide bonds. The number of aryl methyl sites for hydroxylation is 1. The van der Waals surface area contributed by atoms with E-state index in [4.69, 9.17) is 5.11 Å². The molecule has 0 aliphatic heterocycles. The Balaban J connectivity index is 2.91. The van der Waals surface area contributed by atoms with Crippen molar-refractivity contribution in [2.75, 3.05) is 0 Å². The molecule has 0 radical (unpaired) electrons. The van der Waals surface area contributed by atoms with Crippen LogP contribution in [0.2, 0.25) is 0 Å². The Kier molecular flexibility index (Phi) is 5.03. The van der Waals surface area contributed by atoms with E-state index >= 15 is 0 Å². The molecule has 2 unspecified atom stereocenters. The highest BCUT2D eigenvalue weighted by molar-refractivity contribution is 5.96. The molecule has 0 aliphatic carbocycles. The Morgan fingerprint density at radius 3 is 2.53 bits per heavy atom. The third kappa shape index (κ3) is 3.77. The summed E-state index contributed by atoms with van der Waals surface area (Å²) in [4.78, 5) is 23.0. The largest absolute Gasteiger partial charge is 0.480 e. The van der Waals surface area contributed by atoms with Gasteiger partial charge in [0.2, 0.25) is 0 Å². The van der Waals surface area contributed by atoms with Gasteiger partial charge >= 0.3 is 5.97 Å². The molecule has 0 aliphatic rings. The summed E-state index contributed by atoms with van der Waals surface area (Å²) in [5.74, 6) is -2.69. The quantitative estimate of drug-likeness (QED) is 0.860. The molecular weight excluding hydrogens is 249 g/mol. The van der Waals surface area contributed by atoms with Gasteiger partial charge < -0.3 is 10.4 Å². The van der Waals surface area contributed by atoms with Crippen LogP contribution in [0.15, 0.2) is 18.2 Å². The molecule has 1 aromatic carbocycles. The second kappa shape index (κ2) is 6.31. The fourth-order valence-corrected chi connectivity index (χ4v) is 1.71. The van der Waals surface area contributed by atoms with E-state index in [1.807, 2.05) is 6.92 Å². The Bertz CT molecular complexity index is 488. The second-order valence-electron chi connectivity index (χ2n) is 4.66. The van der Waals surface area contributed by atoms with E-state index in [0.29, 0.717) is 12.0 Å². The number of carbonyl (C=O) groups excluding carboxylic acids is 1. The highest BCUT2D eigenvalue weighted by atomic mass is 19.1. The molecule has 19 heavy (non-hydrogen) atoms. The minimum Gasteiger partial charge on any atom is -0.480 e. The van der Waals surface area contributed by atoms with Gasteiger partial charge in [-0.05, 0) is 30.5 Å². The number of benzene rings is 1. The second-order valence-corrected chi connectivity index (χ2v) is 4.66. The molecule has 0 spiro atoms. The predicted octanol–water partition coefficient (Wildman–Crippen LogP) is 2.36. The molecule has 5 heteroatoms. The monoisotopic (exact) mass is 267 g/mol. The topological polar surface area (TPSA) is 66.4 Å². The van der Waals surface area contributed by atoms with Crippen molar-refractivity contribution in [2.24, 2.45) is 5.92 Å². The van der Waals surface area contributed by atoms with Crippen LogP contribution < -0.4 is 5.32 Å². The third-order valence-corrected chi connectivity index (χ3v) is 3.13. The van der Waals surface area contributed by atoms with E-state index in [1.165, 1.54) is 12.1 Å². The molecule has 0 saturated heterocycles. The summed E-state index contributed by atoms with van der Waals surface area (Å²) in [6.45, 7) is 5.27. The number of rotatable bonds is 5. The molecule has 2 N–H and O–H groups in total. The highest BCUT2D eigenvalue weighted by Crippen LogP contribution is 2.12. The van der Waals surface area contributed by atoms with Gasteiger partial charge in [0.05, 0.1) is 5.56 Å². The summed E-state index contributed by atoms with van der Waals surface area (Å²) in [6, 6.07) is 3.19. The van der Waals surface area contributed by atoms with Crippen molar-refractivity contribution >= 4 is 11.9 Å². The highest BCUT2D eigenvalue weighted by Gasteiger charge is 2.26. The first kappa shape index (κ1) is 15.1. The number of hydrogen-bond acceptors (Lipinski definition) is 2. The maximum absolute atomic E-state index is 13.6. The summed E-state index contributed by atoms with van der Waals surface area (Å²) in [6.07, 6.45) is 0.605. The van der Waals surface area contributed by atoms with Crippen LogP contribution in [0.5, 0.6) is 0 Å². The van der Waals surface area contributed by atoms with Crippen molar-refractivity contribution in [3.63, 3.8) is 0 Å². The molecule has 0 bridgehead atoms. The number of amides is 1. The Morgan fingerprint density at radius 1 is 1.42 bits per heavy atom. The van der Waals surface area contributed by atoms with Crippen molar-refractivity contribution in [3.05, 3.63) is 35.1 Å². The number of hydrogen-bond donors (Lipinski definition) is 2. The van der Waals surface area contributed by atoms with Crippen LogP contribution in [-0.4, -0.2) is 23.0 Å². The fourth-order valence-electron chi connectivity index (χ4n) is 1.71. The number of carbonyl (C=O) groups is 2. The van der Waals surface area contributed by atoms with Crippen molar-refractivity contribution in [1.29, 1.82) is 0 Å². The van der Waals surface area contributed by atoms with Crippen LogP contribution in [0.1, 0.15) is 36.2 Å². The zero-order chi connectivity index (χ0) is 14.6. The van der Waals surface area contributed by atoms with Gasteiger partial charge in [0.25, 0.3) is 5.91 Å². The molecule has 0 saturated carbocycles. The molecule has 4 nitrogen and oxygen atoms in total. The fraction of sp³-hybridized carbons (Fsp3) is 0.429. The lowest BCUT2D eigenvalue weighted by Crippen LogP contribution is -2.45. The van der Waals surface area contributed by atoms with Crippen LogP contribution >= 0.6 is 0 Å². The summed E-state index contributed by atoms with van der Waals surface area (Å²) in [7, 11) is 0. The standard InChI is InChI=1S/C14H18FNO3/c1-4-9(3)12(14(18)19)16-13(17)10-6-5-8(2)7-11(10)15/h5-7,9,12H,4H2,1-3H3,(H,16,17)(H,18,19). The van der Waals surface area contributed by atoms with E-state index in [0.717, 1.165) is 0 Å². The Labute approximate surface area is 111 Å². The first-order chi connectivity index (χ1) is 8.86. The smallest absolute Gasteiger partial charge is 0.326 e. The molecule has 104 valence electrons. The molecule has 0 aromatic heterocycles. The lowest BCUT2D eigenvalue weighted by Gasteiger charge is -2.20. The maximum Gasteiger partial charge on any atom is 0.326 e. The first-order valence-corrected chi connectivity index (χ1v) is 6.16. The number of carboxylic acid groups (broad SMARTS) is 1. The van der Waals surface area contributed by atoms with E-state index in [-0.39, 0.29) is 11.5 Å². The van der Waals surface area contributed by atoms with Crippen molar-refractivity contribution in [2.45, 2.75) is 33.2 Å². The van der Waals surface area contributed by atoms with E-state index in [9.17, 15) is 14.0 Å². The van der Waals surface area contributed by atoms with E-state index < -0.39 is 23.7 Å². The normalized spacial score (nSPS) is 13.7.